The molecule has 1 saturated heterocycles. The lowest BCUT2D eigenvalue weighted by Crippen LogP contribution is -2.35. The molecule has 0 saturated carbocycles. The average molecular weight is 369 g/mol. The lowest BCUT2D eigenvalue weighted by Gasteiger charge is -2.33. The lowest BCUT2D eigenvalue weighted by atomic mass is 10.1. The lowest BCUT2D eigenvalue weighted by molar-refractivity contribution is 0.180. The van der Waals surface area contributed by atoms with Gasteiger partial charge in [0, 0.05) is 4.88 Å². The van der Waals surface area contributed by atoms with E-state index in [1.807, 2.05) is 16.8 Å². The third kappa shape index (κ3) is 3.64. The fourth-order valence-corrected chi connectivity index (χ4v) is 4.37. The molecule has 0 bridgehead atoms. The molecule has 1 fully saturated rings. The first kappa shape index (κ1) is 17.2. The van der Waals surface area contributed by atoms with Crippen LogP contribution in [0.3, 0.4) is 0 Å². The van der Waals surface area contributed by atoms with Crippen molar-refractivity contribution in [1.29, 1.82) is 0 Å². The van der Waals surface area contributed by atoms with E-state index in [0.717, 1.165) is 30.2 Å². The molecule has 136 valence electrons. The van der Waals surface area contributed by atoms with Crippen LogP contribution in [0.2, 0.25) is 0 Å². The Bertz CT molecular complexity index is 809. The largest absolute Gasteiger partial charge is 0.497 e. The van der Waals surface area contributed by atoms with Gasteiger partial charge in [0.15, 0.2) is 5.82 Å². The van der Waals surface area contributed by atoms with Crippen molar-refractivity contribution in [3.8, 4) is 5.75 Å². The third-order valence-corrected chi connectivity index (χ3v) is 5.79. The minimum absolute atomic E-state index is 0.128. The molecule has 6 nitrogen and oxygen atoms in total. The van der Waals surface area contributed by atoms with E-state index in [1.54, 1.807) is 18.4 Å². The summed E-state index contributed by atoms with van der Waals surface area (Å²) in [7, 11) is 1.68. The highest BCUT2D eigenvalue weighted by atomic mass is 32.1. The van der Waals surface area contributed by atoms with Crippen molar-refractivity contribution in [2.24, 2.45) is 0 Å². The second-order valence-corrected chi connectivity index (χ2v) is 7.54. The summed E-state index contributed by atoms with van der Waals surface area (Å²) in [6, 6.07) is 12.5. The van der Waals surface area contributed by atoms with E-state index in [4.69, 9.17) is 4.74 Å². The fourth-order valence-electron chi connectivity index (χ4n) is 3.52. The van der Waals surface area contributed by atoms with E-state index in [0.29, 0.717) is 6.54 Å². The zero-order valence-corrected chi connectivity index (χ0v) is 15.7. The Hall–Kier alpha value is -2.25. The number of nitrogens with zero attached hydrogens (tertiary/aromatic N) is 5. The molecule has 2 aromatic heterocycles. The highest BCUT2D eigenvalue weighted by Gasteiger charge is 2.29. The average Bonchev–Trinajstić information content (AvgIpc) is 3.37. The molecule has 1 aromatic carbocycles. The summed E-state index contributed by atoms with van der Waals surface area (Å²) in [6.45, 7) is 2.85. The van der Waals surface area contributed by atoms with Crippen LogP contribution in [-0.2, 0) is 6.54 Å². The molecule has 1 aliphatic rings. The van der Waals surface area contributed by atoms with E-state index in [1.165, 1.54) is 24.1 Å². The van der Waals surface area contributed by atoms with Crippen LogP contribution in [-0.4, -0.2) is 45.3 Å². The molecule has 4 rings (SSSR count). The van der Waals surface area contributed by atoms with Crippen molar-refractivity contribution in [1.82, 2.24) is 25.1 Å². The van der Waals surface area contributed by atoms with Crippen LogP contribution >= 0.6 is 11.3 Å². The number of thiophene rings is 1. The molecule has 26 heavy (non-hydrogen) atoms. The van der Waals surface area contributed by atoms with E-state index in [9.17, 15) is 0 Å². The number of methoxy groups -OCH3 is 1. The molecule has 0 spiro atoms. The van der Waals surface area contributed by atoms with Crippen LogP contribution < -0.4 is 4.74 Å². The summed E-state index contributed by atoms with van der Waals surface area (Å²) in [5.74, 6) is 1.78. The number of ether oxygens (including phenoxy) is 1. The number of piperidine rings is 1. The molecule has 1 atom stereocenters. The Morgan fingerprint density at radius 1 is 1.12 bits per heavy atom. The maximum Gasteiger partial charge on any atom is 0.174 e. The van der Waals surface area contributed by atoms with Gasteiger partial charge in [-0.3, -0.25) is 4.90 Å². The molecular weight excluding hydrogens is 346 g/mol. The second-order valence-electron chi connectivity index (χ2n) is 6.56. The van der Waals surface area contributed by atoms with E-state index in [2.05, 4.69) is 50.1 Å². The van der Waals surface area contributed by atoms with Crippen LogP contribution in [0.5, 0.6) is 5.75 Å². The van der Waals surface area contributed by atoms with Gasteiger partial charge in [-0.25, -0.2) is 4.68 Å². The minimum atomic E-state index is 0.128. The van der Waals surface area contributed by atoms with E-state index >= 15 is 0 Å². The van der Waals surface area contributed by atoms with Gasteiger partial charge in [-0.15, -0.1) is 16.4 Å². The molecule has 3 aromatic rings. The molecule has 0 amide bonds. The number of hydrogen-bond acceptors (Lipinski definition) is 6. The summed E-state index contributed by atoms with van der Waals surface area (Å²) in [5, 5.41) is 14.8. The standard InChI is InChI=1S/C19H23N5OS/c1-25-16-9-7-15(8-10-16)14-24-19(20-21-22-24)18(17-6-5-13-26-17)23-11-3-2-4-12-23/h5-10,13,18H,2-4,11-12,14H2,1H3/t18-/m0/s1. The molecule has 0 aliphatic carbocycles. The maximum absolute atomic E-state index is 5.24. The van der Waals surface area contributed by atoms with Crippen molar-refractivity contribution in [3.63, 3.8) is 0 Å². The topological polar surface area (TPSA) is 56.1 Å². The van der Waals surface area contributed by atoms with Crippen molar-refractivity contribution in [2.45, 2.75) is 31.8 Å². The number of rotatable bonds is 6. The Morgan fingerprint density at radius 3 is 2.62 bits per heavy atom. The zero-order valence-electron chi connectivity index (χ0n) is 14.9. The minimum Gasteiger partial charge on any atom is -0.497 e. The van der Waals surface area contributed by atoms with Gasteiger partial charge in [-0.1, -0.05) is 24.6 Å². The molecule has 0 unspecified atom stereocenters. The van der Waals surface area contributed by atoms with Crippen molar-refractivity contribution >= 4 is 11.3 Å². The number of likely N-dealkylation sites (tertiary alicyclic amines) is 1. The molecule has 1 aliphatic heterocycles. The third-order valence-electron chi connectivity index (χ3n) is 4.86. The first-order valence-corrected chi connectivity index (χ1v) is 9.89. The number of tetrazole rings is 1. The number of aromatic nitrogens is 4. The van der Waals surface area contributed by atoms with Crippen LogP contribution in [0.1, 0.15) is 41.6 Å². The second kappa shape index (κ2) is 7.97. The van der Waals surface area contributed by atoms with E-state index < -0.39 is 0 Å². The summed E-state index contributed by atoms with van der Waals surface area (Å²) < 4.78 is 7.17. The first-order chi connectivity index (χ1) is 12.8. The van der Waals surface area contributed by atoms with Gasteiger partial charge in [-0.2, -0.15) is 0 Å². The monoisotopic (exact) mass is 369 g/mol. The zero-order chi connectivity index (χ0) is 17.8. The highest BCUT2D eigenvalue weighted by Crippen LogP contribution is 2.32. The smallest absolute Gasteiger partial charge is 0.174 e. The summed E-state index contributed by atoms with van der Waals surface area (Å²) >= 11 is 1.78. The van der Waals surface area contributed by atoms with Crippen molar-refractivity contribution in [2.75, 3.05) is 20.2 Å². The molecule has 0 radical (unpaired) electrons. The quantitative estimate of drug-likeness (QED) is 0.667. The predicted octanol–water partition coefficient (Wildman–Crippen LogP) is 3.37. The highest BCUT2D eigenvalue weighted by molar-refractivity contribution is 7.10. The summed E-state index contributed by atoms with van der Waals surface area (Å²) in [4.78, 5) is 3.82. The van der Waals surface area contributed by atoms with Gasteiger partial charge < -0.3 is 4.74 Å². The Morgan fingerprint density at radius 2 is 1.92 bits per heavy atom. The van der Waals surface area contributed by atoms with Crippen LogP contribution in [0.25, 0.3) is 0 Å². The van der Waals surface area contributed by atoms with Gasteiger partial charge in [0.1, 0.15) is 11.8 Å². The van der Waals surface area contributed by atoms with Gasteiger partial charge in [0.05, 0.1) is 13.7 Å². The van der Waals surface area contributed by atoms with Gasteiger partial charge in [0.25, 0.3) is 0 Å². The number of benzene rings is 1. The van der Waals surface area contributed by atoms with Gasteiger partial charge in [0.2, 0.25) is 0 Å². The molecule has 7 heteroatoms. The van der Waals surface area contributed by atoms with Gasteiger partial charge in [-0.05, 0) is 65.5 Å². The molecular formula is C19H23N5OS. The fraction of sp³-hybridized carbons (Fsp3) is 0.421. The first-order valence-electron chi connectivity index (χ1n) is 9.01. The SMILES string of the molecule is COc1ccc(Cn2nnnc2[C@H](c2cccs2)N2CCCCC2)cc1. The Balaban J connectivity index is 1.63. The molecule has 3 heterocycles. The Labute approximate surface area is 157 Å². The normalized spacial score (nSPS) is 16.5. The van der Waals surface area contributed by atoms with Crippen molar-refractivity contribution in [3.05, 3.63) is 58.0 Å². The summed E-state index contributed by atoms with van der Waals surface area (Å²) in [5.41, 5.74) is 1.16. The predicted molar refractivity (Wildman–Crippen MR) is 101 cm³/mol. The molecule has 0 N–H and O–H groups in total. The van der Waals surface area contributed by atoms with Crippen molar-refractivity contribution < 1.29 is 4.74 Å². The van der Waals surface area contributed by atoms with Crippen LogP contribution in [0, 0.1) is 0 Å². The van der Waals surface area contributed by atoms with Crippen LogP contribution in [0.4, 0.5) is 0 Å². The van der Waals surface area contributed by atoms with Gasteiger partial charge >= 0.3 is 0 Å². The summed E-state index contributed by atoms with van der Waals surface area (Å²) in [6.07, 6.45) is 3.79. The van der Waals surface area contributed by atoms with Crippen LogP contribution in [0.15, 0.2) is 41.8 Å². The number of hydrogen-bond donors (Lipinski definition) is 0. The maximum atomic E-state index is 5.24. The van der Waals surface area contributed by atoms with E-state index in [-0.39, 0.29) is 6.04 Å². The Kier molecular flexibility index (Phi) is 5.26.